The van der Waals surface area contributed by atoms with Gasteiger partial charge in [-0.1, -0.05) is 36.2 Å². The predicted octanol–water partition coefficient (Wildman–Crippen LogP) is 5.63. The zero-order valence-corrected chi connectivity index (χ0v) is 23.4. The first-order valence-corrected chi connectivity index (χ1v) is 13.2. The highest BCUT2D eigenvalue weighted by Gasteiger charge is 2.34. The summed E-state index contributed by atoms with van der Waals surface area (Å²) >= 11 is 12.2. The molecule has 214 valence electrons. The molecule has 0 saturated heterocycles. The number of hydrogen-bond acceptors (Lipinski definition) is 5. The van der Waals surface area contributed by atoms with Crippen LogP contribution in [0.1, 0.15) is 42.6 Å². The molecule has 0 spiro atoms. The topological polar surface area (TPSA) is 82.1 Å². The Bertz CT molecular complexity index is 1180. The molecule has 1 heterocycles. The van der Waals surface area contributed by atoms with Crippen LogP contribution in [0.4, 0.5) is 18.9 Å². The first-order valence-electron chi connectivity index (χ1n) is 12.5. The summed E-state index contributed by atoms with van der Waals surface area (Å²) in [6, 6.07) is 9.33. The van der Waals surface area contributed by atoms with E-state index in [0.717, 1.165) is 5.56 Å². The number of nitrogens with one attached hydrogen (secondary N) is 1. The van der Waals surface area contributed by atoms with Gasteiger partial charge in [0.15, 0.2) is 0 Å². The summed E-state index contributed by atoms with van der Waals surface area (Å²) in [4.78, 5) is 29.2. The molecule has 0 aromatic heterocycles. The van der Waals surface area contributed by atoms with Gasteiger partial charge in [-0.15, -0.1) is 0 Å². The fourth-order valence-electron chi connectivity index (χ4n) is 4.32. The normalized spacial score (nSPS) is 18.7. The van der Waals surface area contributed by atoms with Crippen molar-refractivity contribution in [3.05, 3.63) is 57.6 Å². The van der Waals surface area contributed by atoms with E-state index in [0.29, 0.717) is 29.7 Å². The molecule has 39 heavy (non-hydrogen) atoms. The number of ether oxygens (including phenoxy) is 1. The fourth-order valence-corrected chi connectivity index (χ4v) is 4.64. The van der Waals surface area contributed by atoms with Gasteiger partial charge in [0.1, 0.15) is 11.9 Å². The molecule has 2 aromatic rings. The second kappa shape index (κ2) is 13.2. The van der Waals surface area contributed by atoms with Gasteiger partial charge in [0.2, 0.25) is 5.91 Å². The summed E-state index contributed by atoms with van der Waals surface area (Å²) in [5.41, 5.74) is 1.28. The number of rotatable bonds is 9. The first-order chi connectivity index (χ1) is 18.3. The minimum Gasteiger partial charge on any atom is -0.488 e. The molecule has 1 aliphatic rings. The molecule has 0 fully saturated rings. The number of carbonyl (C=O) groups excluding carboxylic acids is 2. The zero-order valence-electron chi connectivity index (χ0n) is 21.9. The number of amides is 2. The number of likely N-dealkylation sites (N-methyl/N-ethyl adjacent to an activating group) is 1. The molecule has 0 unspecified atom stereocenters. The molecule has 0 radical (unpaired) electrons. The average Bonchev–Trinajstić information content (AvgIpc) is 2.86. The summed E-state index contributed by atoms with van der Waals surface area (Å²) in [5, 5.41) is 13.2. The predicted molar refractivity (Wildman–Crippen MR) is 144 cm³/mol. The molecular formula is C27H32Cl2F3N3O4. The van der Waals surface area contributed by atoms with E-state index in [1.807, 2.05) is 20.0 Å². The number of hydrogen-bond donors (Lipinski definition) is 2. The minimum atomic E-state index is -4.45. The van der Waals surface area contributed by atoms with Crippen molar-refractivity contribution < 1.29 is 32.6 Å². The van der Waals surface area contributed by atoms with E-state index in [2.05, 4.69) is 10.2 Å². The van der Waals surface area contributed by atoms with Crippen molar-refractivity contribution in [2.75, 3.05) is 32.1 Å². The van der Waals surface area contributed by atoms with Crippen molar-refractivity contribution in [2.45, 2.75) is 51.6 Å². The second-order valence-electron chi connectivity index (χ2n) is 9.94. The Kier molecular flexibility index (Phi) is 10.5. The molecule has 12 heteroatoms. The van der Waals surface area contributed by atoms with E-state index >= 15 is 0 Å². The Morgan fingerprint density at radius 1 is 1.23 bits per heavy atom. The molecule has 0 aliphatic carbocycles. The van der Waals surface area contributed by atoms with E-state index in [1.165, 1.54) is 18.2 Å². The van der Waals surface area contributed by atoms with E-state index in [4.69, 9.17) is 27.9 Å². The number of aliphatic hydroxyl groups is 1. The van der Waals surface area contributed by atoms with Crippen LogP contribution < -0.4 is 10.1 Å². The lowest BCUT2D eigenvalue weighted by atomic mass is 9.99. The van der Waals surface area contributed by atoms with Gasteiger partial charge in [0.05, 0.1) is 34.7 Å². The molecule has 2 N–H and O–H groups in total. The van der Waals surface area contributed by atoms with Gasteiger partial charge >= 0.3 is 6.18 Å². The van der Waals surface area contributed by atoms with Gasteiger partial charge in [-0.05, 0) is 49.9 Å². The van der Waals surface area contributed by atoms with Crippen molar-refractivity contribution in [3.63, 3.8) is 0 Å². The van der Waals surface area contributed by atoms with Gasteiger partial charge < -0.3 is 20.1 Å². The third-order valence-electron chi connectivity index (χ3n) is 6.51. The zero-order chi connectivity index (χ0) is 28.9. The van der Waals surface area contributed by atoms with Crippen molar-refractivity contribution in [1.82, 2.24) is 9.80 Å². The lowest BCUT2D eigenvalue weighted by molar-refractivity contribution is -0.142. The summed E-state index contributed by atoms with van der Waals surface area (Å²) in [7, 11) is 1.93. The Morgan fingerprint density at radius 2 is 1.95 bits per heavy atom. The van der Waals surface area contributed by atoms with Gasteiger partial charge in [0.25, 0.3) is 5.91 Å². The van der Waals surface area contributed by atoms with Crippen molar-refractivity contribution >= 4 is 40.7 Å². The van der Waals surface area contributed by atoms with Gasteiger partial charge in [-0.25, -0.2) is 0 Å². The molecule has 7 nitrogen and oxygen atoms in total. The van der Waals surface area contributed by atoms with Gasteiger partial charge in [-0.3, -0.25) is 14.5 Å². The van der Waals surface area contributed by atoms with Crippen LogP contribution in [0, 0.1) is 5.92 Å². The van der Waals surface area contributed by atoms with E-state index < -0.39 is 36.9 Å². The van der Waals surface area contributed by atoms with E-state index in [9.17, 15) is 27.9 Å². The Balaban J connectivity index is 1.84. The van der Waals surface area contributed by atoms with Crippen LogP contribution in [0.15, 0.2) is 36.4 Å². The summed E-state index contributed by atoms with van der Waals surface area (Å²) < 4.78 is 43.8. The molecule has 3 atom stereocenters. The quantitative estimate of drug-likeness (QED) is 0.396. The van der Waals surface area contributed by atoms with Crippen LogP contribution >= 0.6 is 23.2 Å². The van der Waals surface area contributed by atoms with Crippen LogP contribution in [-0.2, 0) is 11.3 Å². The van der Waals surface area contributed by atoms with Crippen LogP contribution in [-0.4, -0.2) is 71.8 Å². The van der Waals surface area contributed by atoms with Crippen molar-refractivity contribution in [1.29, 1.82) is 0 Å². The number of fused-ring (bicyclic) bond motifs is 1. The number of nitrogens with zero attached hydrogens (tertiary/aromatic N) is 2. The standard InChI is InChI=1S/C27H32Cl2F3N3O4/c1-16-12-35(17(2)15-36)26(38)20-11-19(33-25(37)8-9-27(30,31)32)5-7-23(20)39-24(16)14-34(3)13-18-4-6-21(28)22(29)10-18/h4-7,10-11,16-17,24,36H,8-9,12-15H2,1-3H3,(H,33,37)/t16-,17-,24-/m0/s1. The maximum absolute atomic E-state index is 13.5. The van der Waals surface area contributed by atoms with Crippen molar-refractivity contribution in [2.24, 2.45) is 5.92 Å². The van der Waals surface area contributed by atoms with Crippen LogP contribution in [0.5, 0.6) is 5.75 Å². The number of benzene rings is 2. The fraction of sp³-hybridized carbons (Fsp3) is 0.481. The highest BCUT2D eigenvalue weighted by molar-refractivity contribution is 6.42. The Labute approximate surface area is 235 Å². The molecular weight excluding hydrogens is 558 g/mol. The van der Waals surface area contributed by atoms with Gasteiger partial charge in [-0.2, -0.15) is 13.2 Å². The third kappa shape index (κ3) is 8.73. The van der Waals surface area contributed by atoms with Crippen LogP contribution in [0.3, 0.4) is 0 Å². The SMILES string of the molecule is C[C@H]1CN([C@@H](C)CO)C(=O)c2cc(NC(=O)CCC(F)(F)F)ccc2O[C@H]1CN(C)Cc1ccc(Cl)c(Cl)c1. The molecule has 0 bridgehead atoms. The summed E-state index contributed by atoms with van der Waals surface area (Å²) in [5.74, 6) is -1.06. The minimum absolute atomic E-state index is 0.117. The number of aliphatic hydroxyl groups excluding tert-OH is 1. The maximum Gasteiger partial charge on any atom is 0.389 e. The number of alkyl halides is 3. The highest BCUT2D eigenvalue weighted by atomic mass is 35.5. The second-order valence-corrected chi connectivity index (χ2v) is 10.8. The summed E-state index contributed by atoms with van der Waals surface area (Å²) in [6.45, 7) is 4.78. The monoisotopic (exact) mass is 589 g/mol. The lowest BCUT2D eigenvalue weighted by Gasteiger charge is -2.38. The van der Waals surface area contributed by atoms with Crippen molar-refractivity contribution in [3.8, 4) is 5.75 Å². The number of anilines is 1. The molecule has 1 aliphatic heterocycles. The maximum atomic E-state index is 13.5. The third-order valence-corrected chi connectivity index (χ3v) is 7.25. The average molecular weight is 590 g/mol. The van der Waals surface area contributed by atoms with E-state index in [-0.39, 0.29) is 35.6 Å². The smallest absolute Gasteiger partial charge is 0.389 e. The molecule has 3 rings (SSSR count). The number of carbonyl (C=O) groups is 2. The van der Waals surface area contributed by atoms with Gasteiger partial charge in [0, 0.05) is 37.7 Å². The largest absolute Gasteiger partial charge is 0.488 e. The summed E-state index contributed by atoms with van der Waals surface area (Å²) in [6.07, 6.45) is -6.79. The van der Waals surface area contributed by atoms with Crippen LogP contribution in [0.25, 0.3) is 0 Å². The van der Waals surface area contributed by atoms with E-state index in [1.54, 1.807) is 24.0 Å². The molecule has 2 amide bonds. The first kappa shape index (κ1) is 31.0. The number of halogens is 5. The molecule has 0 saturated carbocycles. The highest BCUT2D eigenvalue weighted by Crippen LogP contribution is 2.31. The lowest BCUT2D eigenvalue weighted by Crippen LogP contribution is -2.49. The Morgan fingerprint density at radius 3 is 2.59 bits per heavy atom. The Hall–Kier alpha value is -2.53. The molecule has 2 aromatic carbocycles. The van der Waals surface area contributed by atoms with Crippen LogP contribution in [0.2, 0.25) is 10.0 Å².